The average molecular weight is 376 g/mol. The van der Waals surface area contributed by atoms with Gasteiger partial charge in [-0.15, -0.1) is 0 Å². The van der Waals surface area contributed by atoms with Gasteiger partial charge in [-0.25, -0.2) is 21.9 Å². The molecular formula is C14H12BrF2NO2S. The van der Waals surface area contributed by atoms with E-state index in [9.17, 15) is 17.2 Å². The Balaban J connectivity index is 2.25. The minimum Gasteiger partial charge on any atom is -0.207 e. The molecule has 112 valence electrons. The second-order valence-electron chi connectivity index (χ2n) is 4.46. The van der Waals surface area contributed by atoms with E-state index in [1.165, 1.54) is 25.1 Å². The van der Waals surface area contributed by atoms with Crippen LogP contribution in [0.15, 0.2) is 51.8 Å². The summed E-state index contributed by atoms with van der Waals surface area (Å²) in [6, 6.07) is 8.26. The van der Waals surface area contributed by atoms with Gasteiger partial charge in [0.15, 0.2) is 0 Å². The summed E-state index contributed by atoms with van der Waals surface area (Å²) in [6.07, 6.45) is 0. The largest absolute Gasteiger partial charge is 0.241 e. The molecule has 7 heteroatoms. The quantitative estimate of drug-likeness (QED) is 0.883. The second-order valence-corrected chi connectivity index (χ2v) is 7.09. The van der Waals surface area contributed by atoms with Crippen molar-refractivity contribution in [2.45, 2.75) is 17.9 Å². The smallest absolute Gasteiger partial charge is 0.207 e. The molecular weight excluding hydrogens is 364 g/mol. The Morgan fingerprint density at radius 1 is 1.10 bits per heavy atom. The van der Waals surface area contributed by atoms with Crippen LogP contribution in [0.2, 0.25) is 0 Å². The molecule has 0 aromatic heterocycles. The lowest BCUT2D eigenvalue weighted by atomic mass is 10.1. The molecule has 2 aromatic rings. The van der Waals surface area contributed by atoms with Crippen molar-refractivity contribution in [2.24, 2.45) is 0 Å². The number of hydrogen-bond acceptors (Lipinski definition) is 2. The molecule has 0 saturated heterocycles. The van der Waals surface area contributed by atoms with Crippen molar-refractivity contribution in [3.05, 3.63) is 64.1 Å². The van der Waals surface area contributed by atoms with Crippen LogP contribution in [0.4, 0.5) is 8.78 Å². The van der Waals surface area contributed by atoms with Crippen LogP contribution >= 0.6 is 15.9 Å². The summed E-state index contributed by atoms with van der Waals surface area (Å²) in [5, 5.41) is 0. The van der Waals surface area contributed by atoms with E-state index in [-0.39, 0.29) is 10.5 Å². The van der Waals surface area contributed by atoms with Gasteiger partial charge in [0, 0.05) is 22.1 Å². The number of rotatable bonds is 4. The predicted octanol–water partition coefficient (Wildman–Crippen LogP) is 3.77. The van der Waals surface area contributed by atoms with Gasteiger partial charge in [-0.05, 0) is 37.3 Å². The van der Waals surface area contributed by atoms with E-state index in [4.69, 9.17) is 0 Å². The minimum atomic E-state index is -3.78. The molecule has 0 spiro atoms. The topological polar surface area (TPSA) is 46.2 Å². The molecule has 0 saturated carbocycles. The number of benzene rings is 2. The fourth-order valence-corrected chi connectivity index (χ4v) is 3.32. The van der Waals surface area contributed by atoms with Crippen molar-refractivity contribution in [3.63, 3.8) is 0 Å². The van der Waals surface area contributed by atoms with Gasteiger partial charge in [-0.1, -0.05) is 22.0 Å². The van der Waals surface area contributed by atoms with Gasteiger partial charge in [-0.3, -0.25) is 0 Å². The molecule has 0 radical (unpaired) electrons. The SMILES string of the molecule is CC(NS(=O)(=O)c1ccc(Br)cc1)c1ccc(F)cc1F. The first-order valence-corrected chi connectivity index (χ1v) is 8.30. The maximum absolute atomic E-state index is 13.7. The van der Waals surface area contributed by atoms with Gasteiger partial charge in [-0.2, -0.15) is 0 Å². The van der Waals surface area contributed by atoms with E-state index in [1.807, 2.05) is 0 Å². The molecule has 1 N–H and O–H groups in total. The molecule has 1 atom stereocenters. The van der Waals surface area contributed by atoms with E-state index in [1.54, 1.807) is 12.1 Å². The molecule has 0 amide bonds. The van der Waals surface area contributed by atoms with Crippen molar-refractivity contribution < 1.29 is 17.2 Å². The van der Waals surface area contributed by atoms with E-state index in [2.05, 4.69) is 20.7 Å². The summed E-state index contributed by atoms with van der Waals surface area (Å²) in [7, 11) is -3.78. The zero-order chi connectivity index (χ0) is 15.6. The normalized spacial score (nSPS) is 13.1. The van der Waals surface area contributed by atoms with Crippen LogP contribution in [0, 0.1) is 11.6 Å². The average Bonchev–Trinajstić information content (AvgIpc) is 2.38. The zero-order valence-electron chi connectivity index (χ0n) is 11.0. The molecule has 1 unspecified atom stereocenters. The van der Waals surface area contributed by atoms with Gasteiger partial charge in [0.2, 0.25) is 10.0 Å². The first-order valence-electron chi connectivity index (χ1n) is 6.02. The summed E-state index contributed by atoms with van der Waals surface area (Å²) in [4.78, 5) is 0.0695. The highest BCUT2D eigenvalue weighted by atomic mass is 79.9. The monoisotopic (exact) mass is 375 g/mol. The van der Waals surface area contributed by atoms with Crippen LogP contribution < -0.4 is 4.72 Å². The first kappa shape index (κ1) is 16.1. The Morgan fingerprint density at radius 2 is 1.71 bits per heavy atom. The Hall–Kier alpha value is -1.31. The highest BCUT2D eigenvalue weighted by molar-refractivity contribution is 9.10. The fraction of sp³-hybridized carbons (Fsp3) is 0.143. The molecule has 2 rings (SSSR count). The van der Waals surface area contributed by atoms with Crippen LogP contribution in [-0.2, 0) is 10.0 Å². The summed E-state index contributed by atoms with van der Waals surface area (Å²) >= 11 is 3.22. The van der Waals surface area contributed by atoms with Crippen molar-refractivity contribution in [1.29, 1.82) is 0 Å². The number of hydrogen-bond donors (Lipinski definition) is 1. The third-order valence-corrected chi connectivity index (χ3v) is 4.97. The Bertz CT molecular complexity index is 748. The Labute approximate surface area is 130 Å². The lowest BCUT2D eigenvalue weighted by molar-refractivity contribution is 0.540. The molecule has 3 nitrogen and oxygen atoms in total. The highest BCUT2D eigenvalue weighted by Crippen LogP contribution is 2.21. The maximum atomic E-state index is 13.7. The number of nitrogens with one attached hydrogen (secondary N) is 1. The van der Waals surface area contributed by atoms with Gasteiger partial charge >= 0.3 is 0 Å². The first-order chi connectivity index (χ1) is 9.79. The van der Waals surface area contributed by atoms with Crippen molar-refractivity contribution in [1.82, 2.24) is 4.72 Å². The maximum Gasteiger partial charge on any atom is 0.241 e. The van der Waals surface area contributed by atoms with Gasteiger partial charge < -0.3 is 0 Å². The van der Waals surface area contributed by atoms with Crippen LogP contribution in [0.25, 0.3) is 0 Å². The van der Waals surface area contributed by atoms with Crippen molar-refractivity contribution in [3.8, 4) is 0 Å². The minimum absolute atomic E-state index is 0.0695. The fourth-order valence-electron chi connectivity index (χ4n) is 1.83. The van der Waals surface area contributed by atoms with E-state index in [0.717, 1.165) is 16.6 Å². The molecule has 0 aliphatic rings. The summed E-state index contributed by atoms with van der Waals surface area (Å²) in [5.74, 6) is -1.50. The summed E-state index contributed by atoms with van der Waals surface area (Å²) in [5.41, 5.74) is 0.0806. The standard InChI is InChI=1S/C14H12BrF2NO2S/c1-9(13-7-4-11(16)8-14(13)17)18-21(19,20)12-5-2-10(15)3-6-12/h2-9,18H,1H3. The van der Waals surface area contributed by atoms with Gasteiger partial charge in [0.25, 0.3) is 0 Å². The second kappa shape index (κ2) is 6.21. The summed E-state index contributed by atoms with van der Waals surface area (Å²) < 4.78 is 54.0. The molecule has 2 aromatic carbocycles. The molecule has 0 fully saturated rings. The van der Waals surface area contributed by atoms with Crippen LogP contribution in [0.1, 0.15) is 18.5 Å². The number of halogens is 3. The van der Waals surface area contributed by atoms with E-state index < -0.39 is 27.7 Å². The van der Waals surface area contributed by atoms with Crippen molar-refractivity contribution in [2.75, 3.05) is 0 Å². The molecule has 0 aliphatic heterocycles. The van der Waals surface area contributed by atoms with Crippen LogP contribution in [-0.4, -0.2) is 8.42 Å². The molecule has 0 bridgehead atoms. The van der Waals surface area contributed by atoms with Crippen molar-refractivity contribution >= 4 is 26.0 Å². The lowest BCUT2D eigenvalue weighted by Gasteiger charge is -2.15. The van der Waals surface area contributed by atoms with Crippen LogP contribution in [0.5, 0.6) is 0 Å². The summed E-state index contributed by atoms with van der Waals surface area (Å²) in [6.45, 7) is 1.49. The van der Waals surface area contributed by atoms with Gasteiger partial charge in [0.05, 0.1) is 4.90 Å². The van der Waals surface area contributed by atoms with E-state index >= 15 is 0 Å². The molecule has 0 aliphatic carbocycles. The lowest BCUT2D eigenvalue weighted by Crippen LogP contribution is -2.27. The third kappa shape index (κ3) is 3.87. The highest BCUT2D eigenvalue weighted by Gasteiger charge is 2.20. The zero-order valence-corrected chi connectivity index (χ0v) is 13.4. The molecule has 21 heavy (non-hydrogen) atoms. The third-order valence-electron chi connectivity index (χ3n) is 2.88. The number of sulfonamides is 1. The van der Waals surface area contributed by atoms with E-state index in [0.29, 0.717) is 0 Å². The predicted molar refractivity (Wildman–Crippen MR) is 79.2 cm³/mol. The van der Waals surface area contributed by atoms with Crippen LogP contribution in [0.3, 0.4) is 0 Å². The Kier molecular flexibility index (Phi) is 4.75. The Morgan fingerprint density at radius 3 is 2.29 bits per heavy atom. The van der Waals surface area contributed by atoms with Gasteiger partial charge in [0.1, 0.15) is 11.6 Å². The molecule has 0 heterocycles.